The van der Waals surface area contributed by atoms with E-state index < -0.39 is 0 Å². The molecule has 0 amide bonds. The number of thiophene rings is 1. The summed E-state index contributed by atoms with van der Waals surface area (Å²) in [4.78, 5) is 6.83. The van der Waals surface area contributed by atoms with Crippen LogP contribution in [0.15, 0.2) is 46.8 Å². The highest BCUT2D eigenvalue weighted by atomic mass is 127. The fourth-order valence-corrected chi connectivity index (χ4v) is 4.30. The van der Waals surface area contributed by atoms with Crippen LogP contribution in [0.5, 0.6) is 0 Å². The van der Waals surface area contributed by atoms with E-state index in [-0.39, 0.29) is 30.1 Å². The van der Waals surface area contributed by atoms with Crippen molar-refractivity contribution in [1.29, 1.82) is 0 Å². The van der Waals surface area contributed by atoms with Gasteiger partial charge < -0.3 is 20.3 Å². The highest BCUT2D eigenvalue weighted by molar-refractivity contribution is 14.0. The quantitative estimate of drug-likeness (QED) is 0.325. The van der Waals surface area contributed by atoms with Gasteiger partial charge in [-0.2, -0.15) is 0 Å². The molecule has 1 atom stereocenters. The smallest absolute Gasteiger partial charge is 0.191 e. The van der Waals surface area contributed by atoms with E-state index in [1.165, 1.54) is 5.00 Å². The van der Waals surface area contributed by atoms with Crippen molar-refractivity contribution in [2.75, 3.05) is 38.7 Å². The molecule has 0 aliphatic carbocycles. The third kappa shape index (κ3) is 6.50. The van der Waals surface area contributed by atoms with Crippen molar-refractivity contribution in [3.8, 4) is 0 Å². The van der Waals surface area contributed by atoms with Gasteiger partial charge in [0.2, 0.25) is 0 Å². The number of halogens is 2. The average molecular weight is 535 g/mol. The maximum Gasteiger partial charge on any atom is 0.191 e. The Labute approximate surface area is 193 Å². The molecule has 28 heavy (non-hydrogen) atoms. The number of ether oxygens (including phenoxy) is 1. The highest BCUT2D eigenvalue weighted by Gasteiger charge is 2.21. The first kappa shape index (κ1) is 23.3. The molecule has 2 aromatic rings. The molecule has 1 aromatic heterocycles. The minimum absolute atomic E-state index is 0. The van der Waals surface area contributed by atoms with Gasteiger partial charge in [0.05, 0.1) is 11.1 Å². The summed E-state index contributed by atoms with van der Waals surface area (Å²) in [5.74, 6) is 0.814. The summed E-state index contributed by atoms with van der Waals surface area (Å²) < 4.78 is 5.62. The molecule has 1 aliphatic rings. The summed E-state index contributed by atoms with van der Waals surface area (Å²) in [5, 5.41) is 11.1. The molecule has 1 fully saturated rings. The van der Waals surface area contributed by atoms with Crippen LogP contribution in [0.25, 0.3) is 0 Å². The monoisotopic (exact) mass is 534 g/mol. The number of nitrogens with one attached hydrogen (secondary N) is 2. The number of rotatable bonds is 6. The molecule has 154 valence electrons. The van der Waals surface area contributed by atoms with Gasteiger partial charge in [0.25, 0.3) is 0 Å². The fourth-order valence-electron chi connectivity index (χ4n) is 3.32. The van der Waals surface area contributed by atoms with Crippen LogP contribution in [0.3, 0.4) is 0 Å². The topological polar surface area (TPSA) is 48.9 Å². The van der Waals surface area contributed by atoms with Crippen LogP contribution in [0.1, 0.15) is 24.5 Å². The number of nitrogens with zero attached hydrogens (tertiary/aromatic N) is 2. The van der Waals surface area contributed by atoms with Crippen LogP contribution in [-0.2, 0) is 4.74 Å². The van der Waals surface area contributed by atoms with E-state index in [1.54, 1.807) is 14.2 Å². The number of benzene rings is 1. The molecule has 1 aromatic carbocycles. The molecule has 5 nitrogen and oxygen atoms in total. The van der Waals surface area contributed by atoms with Crippen LogP contribution in [0, 0.1) is 0 Å². The van der Waals surface area contributed by atoms with Gasteiger partial charge >= 0.3 is 0 Å². The van der Waals surface area contributed by atoms with Crippen LogP contribution >= 0.6 is 46.9 Å². The van der Waals surface area contributed by atoms with E-state index in [1.807, 2.05) is 35.6 Å². The fraction of sp³-hybridized carbons (Fsp3) is 0.450. The van der Waals surface area contributed by atoms with Crippen molar-refractivity contribution >= 4 is 57.9 Å². The second-order valence-corrected chi connectivity index (χ2v) is 7.95. The third-order valence-electron chi connectivity index (χ3n) is 4.84. The molecule has 0 bridgehead atoms. The van der Waals surface area contributed by atoms with Crippen LogP contribution in [0.2, 0.25) is 5.02 Å². The van der Waals surface area contributed by atoms with Crippen LogP contribution in [0.4, 0.5) is 5.00 Å². The molecular weight excluding hydrogens is 507 g/mol. The number of piperidine rings is 1. The van der Waals surface area contributed by atoms with E-state index in [9.17, 15) is 0 Å². The van der Waals surface area contributed by atoms with Gasteiger partial charge in [-0.15, -0.1) is 35.3 Å². The SMILES string of the molecule is CN=C(NCC(OC)c1cccc(Cl)c1)NC1CCN(c2cccs2)CC1.I. The van der Waals surface area contributed by atoms with E-state index >= 15 is 0 Å². The number of hydrogen-bond acceptors (Lipinski definition) is 4. The molecule has 0 saturated carbocycles. The summed E-state index contributed by atoms with van der Waals surface area (Å²) in [7, 11) is 3.51. The number of anilines is 1. The Morgan fingerprint density at radius 3 is 2.71 bits per heavy atom. The van der Waals surface area contributed by atoms with Crippen molar-refractivity contribution in [3.05, 3.63) is 52.4 Å². The van der Waals surface area contributed by atoms with E-state index in [2.05, 4.69) is 38.0 Å². The summed E-state index contributed by atoms with van der Waals surface area (Å²) in [6.45, 7) is 2.77. The predicted octanol–water partition coefficient (Wildman–Crippen LogP) is 4.54. The second-order valence-electron chi connectivity index (χ2n) is 6.59. The lowest BCUT2D eigenvalue weighted by Crippen LogP contribution is -2.49. The summed E-state index contributed by atoms with van der Waals surface area (Å²) in [6.07, 6.45) is 2.12. The van der Waals surface area contributed by atoms with Crippen molar-refractivity contribution < 1.29 is 4.74 Å². The summed E-state index contributed by atoms with van der Waals surface area (Å²) >= 11 is 7.91. The third-order valence-corrected chi connectivity index (χ3v) is 6.00. The maximum atomic E-state index is 6.10. The Balaban J connectivity index is 0.00000280. The Kier molecular flexibility index (Phi) is 9.84. The van der Waals surface area contributed by atoms with E-state index in [4.69, 9.17) is 16.3 Å². The van der Waals surface area contributed by atoms with Gasteiger partial charge in [-0.1, -0.05) is 23.7 Å². The van der Waals surface area contributed by atoms with Gasteiger partial charge in [0, 0.05) is 44.9 Å². The zero-order chi connectivity index (χ0) is 19.1. The van der Waals surface area contributed by atoms with Crippen molar-refractivity contribution in [2.45, 2.75) is 25.0 Å². The number of aliphatic imine (C=N–C) groups is 1. The molecule has 2 heterocycles. The second kappa shape index (κ2) is 11.8. The van der Waals surface area contributed by atoms with E-state index in [0.29, 0.717) is 12.6 Å². The minimum atomic E-state index is -0.0806. The van der Waals surface area contributed by atoms with E-state index in [0.717, 1.165) is 42.5 Å². The maximum absolute atomic E-state index is 6.10. The standard InChI is InChI=1S/C20H27ClN4OS.HI/c1-22-20(23-14-18(26-2)15-5-3-6-16(21)13-15)24-17-8-10-25(11-9-17)19-7-4-12-27-19;/h3-7,12-13,17-18H,8-11,14H2,1-2H3,(H2,22,23,24);1H. The van der Waals surface area contributed by atoms with Crippen molar-refractivity contribution in [3.63, 3.8) is 0 Å². The van der Waals surface area contributed by atoms with Crippen LogP contribution in [-0.4, -0.2) is 45.8 Å². The van der Waals surface area contributed by atoms with Gasteiger partial charge in [-0.25, -0.2) is 0 Å². The Morgan fingerprint density at radius 1 is 1.32 bits per heavy atom. The lowest BCUT2D eigenvalue weighted by molar-refractivity contribution is 0.106. The largest absolute Gasteiger partial charge is 0.375 e. The van der Waals surface area contributed by atoms with Gasteiger partial charge in [-0.3, -0.25) is 4.99 Å². The molecule has 0 radical (unpaired) electrons. The van der Waals surface area contributed by atoms with Crippen molar-refractivity contribution in [2.24, 2.45) is 4.99 Å². The van der Waals surface area contributed by atoms with Crippen molar-refractivity contribution in [1.82, 2.24) is 10.6 Å². The minimum Gasteiger partial charge on any atom is -0.375 e. The Morgan fingerprint density at radius 2 is 2.11 bits per heavy atom. The number of guanidine groups is 1. The zero-order valence-electron chi connectivity index (χ0n) is 16.2. The molecular formula is C20H28ClIN4OS. The lowest BCUT2D eigenvalue weighted by atomic mass is 10.1. The Bertz CT molecular complexity index is 736. The van der Waals surface area contributed by atoms with Gasteiger partial charge in [0.15, 0.2) is 5.96 Å². The summed E-state index contributed by atoms with van der Waals surface area (Å²) in [5.41, 5.74) is 1.05. The number of hydrogen-bond donors (Lipinski definition) is 2. The van der Waals surface area contributed by atoms with Gasteiger partial charge in [-0.05, 0) is 48.1 Å². The molecule has 2 N–H and O–H groups in total. The molecule has 1 aliphatic heterocycles. The first-order valence-corrected chi connectivity index (χ1v) is 10.5. The predicted molar refractivity (Wildman–Crippen MR) is 131 cm³/mol. The Hall–Kier alpha value is -1.03. The normalized spacial score (nSPS) is 16.4. The lowest BCUT2D eigenvalue weighted by Gasteiger charge is -2.33. The molecule has 0 spiro atoms. The van der Waals surface area contributed by atoms with Crippen LogP contribution < -0.4 is 15.5 Å². The average Bonchev–Trinajstić information content (AvgIpc) is 3.23. The molecule has 8 heteroatoms. The van der Waals surface area contributed by atoms with Gasteiger partial charge in [0.1, 0.15) is 0 Å². The molecule has 1 saturated heterocycles. The highest BCUT2D eigenvalue weighted by Crippen LogP contribution is 2.25. The number of methoxy groups -OCH3 is 1. The summed E-state index contributed by atoms with van der Waals surface area (Å²) in [6, 6.07) is 12.5. The first-order valence-electron chi connectivity index (χ1n) is 9.23. The first-order chi connectivity index (χ1) is 13.2. The molecule has 3 rings (SSSR count). The molecule has 1 unspecified atom stereocenters. The zero-order valence-corrected chi connectivity index (χ0v) is 20.1.